The number of nitrogens with one attached hydrogen (secondary N) is 2. The third kappa shape index (κ3) is 10.3. The van der Waals surface area contributed by atoms with E-state index < -0.39 is 35.3 Å². The van der Waals surface area contributed by atoms with Crippen molar-refractivity contribution in [2.75, 3.05) is 13.1 Å². The average molecular weight is 649 g/mol. The lowest BCUT2D eigenvalue weighted by molar-refractivity contribution is -0.192. The van der Waals surface area contributed by atoms with Crippen LogP contribution in [0.5, 0.6) is 5.75 Å². The van der Waals surface area contributed by atoms with E-state index >= 15 is 0 Å². The lowest BCUT2D eigenvalue weighted by atomic mass is 9.83. The number of hydrogen-bond donors (Lipinski definition) is 4. The second-order valence-corrected chi connectivity index (χ2v) is 11.5. The second kappa shape index (κ2) is 14.9. The van der Waals surface area contributed by atoms with Crippen molar-refractivity contribution in [3.8, 4) is 5.75 Å². The number of amides is 3. The molecule has 1 aliphatic rings. The number of fused-ring (bicyclic) bond motifs is 1. The first-order chi connectivity index (χ1) is 21.5. The third-order valence-corrected chi connectivity index (χ3v) is 6.87. The molecule has 0 aliphatic carbocycles. The van der Waals surface area contributed by atoms with E-state index in [2.05, 4.69) is 10.3 Å². The number of hydrogen-bond acceptors (Lipinski definition) is 8. The van der Waals surface area contributed by atoms with E-state index in [4.69, 9.17) is 24.6 Å². The molecule has 1 aliphatic heterocycles. The summed E-state index contributed by atoms with van der Waals surface area (Å²) in [6.07, 6.45) is -3.25. The van der Waals surface area contributed by atoms with Crippen LogP contribution in [0.15, 0.2) is 60.8 Å². The minimum atomic E-state index is -5.08. The maximum atomic E-state index is 13.2. The van der Waals surface area contributed by atoms with Gasteiger partial charge in [-0.1, -0.05) is 18.2 Å². The van der Waals surface area contributed by atoms with Crippen LogP contribution in [0.25, 0.3) is 10.9 Å². The van der Waals surface area contributed by atoms with Gasteiger partial charge in [0.2, 0.25) is 5.91 Å². The Balaban J connectivity index is 0.000000738. The zero-order valence-corrected chi connectivity index (χ0v) is 25.4. The topological polar surface area (TPSA) is 167 Å². The van der Waals surface area contributed by atoms with Crippen LogP contribution in [0.3, 0.4) is 0 Å². The number of piperidine rings is 1. The highest BCUT2D eigenvalue weighted by molar-refractivity contribution is 5.95. The Bertz CT molecular complexity index is 1530. The van der Waals surface area contributed by atoms with E-state index in [1.165, 1.54) is 0 Å². The van der Waals surface area contributed by atoms with E-state index in [1.54, 1.807) is 61.6 Å². The van der Waals surface area contributed by atoms with Crippen molar-refractivity contribution >= 4 is 34.8 Å². The van der Waals surface area contributed by atoms with Crippen molar-refractivity contribution in [3.05, 3.63) is 71.9 Å². The fraction of sp³-hybridized carbons (Fsp3) is 0.387. The van der Waals surface area contributed by atoms with E-state index in [-0.39, 0.29) is 12.3 Å². The van der Waals surface area contributed by atoms with Crippen LogP contribution in [-0.2, 0) is 20.9 Å². The summed E-state index contributed by atoms with van der Waals surface area (Å²) in [5, 5.41) is 20.2. The number of nitrogens with zero attached hydrogens (tertiary/aromatic N) is 2. The number of alkyl halides is 3. The first-order valence-electron chi connectivity index (χ1n) is 14.1. The summed E-state index contributed by atoms with van der Waals surface area (Å²) >= 11 is 0. The number of rotatable bonds is 7. The normalized spacial score (nSPS) is 14.4. The summed E-state index contributed by atoms with van der Waals surface area (Å²) < 4.78 is 43.1. The number of carboxylic acid groups (broad SMARTS) is 1. The number of aliphatic carboxylic acids is 1. The van der Waals surface area contributed by atoms with E-state index in [0.29, 0.717) is 43.9 Å². The molecule has 3 aromatic rings. The second-order valence-electron chi connectivity index (χ2n) is 11.5. The smallest absolute Gasteiger partial charge is 0.489 e. The Morgan fingerprint density at radius 1 is 0.978 bits per heavy atom. The summed E-state index contributed by atoms with van der Waals surface area (Å²) in [4.78, 5) is 52.5. The monoisotopic (exact) mass is 648 g/mol. The Hall–Kier alpha value is -4.92. The van der Waals surface area contributed by atoms with E-state index in [0.717, 1.165) is 16.5 Å². The van der Waals surface area contributed by atoms with Crippen molar-refractivity contribution in [2.24, 2.45) is 0 Å². The Kier molecular flexibility index (Phi) is 11.5. The number of aromatic nitrogens is 1. The highest BCUT2D eigenvalue weighted by atomic mass is 19.4. The maximum Gasteiger partial charge on any atom is 0.490 e. The molecular weight excluding hydrogens is 613 g/mol. The van der Waals surface area contributed by atoms with Crippen LogP contribution < -0.4 is 15.5 Å². The minimum absolute atomic E-state index is 0.127. The standard InChI is InChI=1S/C29H34N4O6.C2HF3O2/c1-28(2,3)39-27(36)33-16-13-29(14-17-33,18-25(34)32-37)31-26(35)20-8-10-22(11-9-20)38-19-21-12-15-30-24-7-5-4-6-23(21)24;3-2(4,5)1(6)7/h4-12,15,37H,13-14,16-19H2,1-3H3,(H,31,35)(H,32,34);(H,6,7). The Morgan fingerprint density at radius 2 is 1.59 bits per heavy atom. The number of hydroxylamine groups is 1. The van der Waals surface area contributed by atoms with Gasteiger partial charge in [-0.25, -0.2) is 15.1 Å². The van der Waals surface area contributed by atoms with Gasteiger partial charge in [0.15, 0.2) is 0 Å². The highest BCUT2D eigenvalue weighted by Gasteiger charge is 2.40. The number of para-hydroxylation sites is 1. The molecule has 4 rings (SSSR count). The van der Waals surface area contributed by atoms with E-state index in [9.17, 15) is 27.6 Å². The first-order valence-corrected chi connectivity index (χ1v) is 14.1. The molecule has 1 saturated heterocycles. The molecule has 0 bridgehead atoms. The molecular formula is C31H35F3N4O8. The molecule has 4 N–H and O–H groups in total. The number of carboxylic acids is 1. The number of likely N-dealkylation sites (tertiary alicyclic amines) is 1. The van der Waals surface area contributed by atoms with Gasteiger partial charge in [0.1, 0.15) is 18.0 Å². The van der Waals surface area contributed by atoms with Crippen LogP contribution in [0.4, 0.5) is 18.0 Å². The molecule has 15 heteroatoms. The van der Waals surface area contributed by atoms with Crippen molar-refractivity contribution in [2.45, 2.75) is 64.0 Å². The van der Waals surface area contributed by atoms with Crippen LogP contribution in [0.2, 0.25) is 0 Å². The summed E-state index contributed by atoms with van der Waals surface area (Å²) in [6, 6.07) is 16.5. The number of carbonyl (C=O) groups is 4. The zero-order chi connectivity index (χ0) is 34.1. The molecule has 46 heavy (non-hydrogen) atoms. The SMILES string of the molecule is CC(C)(C)OC(=O)N1CCC(CC(=O)NO)(NC(=O)c2ccc(OCc3ccnc4ccccc34)cc2)CC1.O=C(O)C(F)(F)F. The molecule has 2 heterocycles. The summed E-state index contributed by atoms with van der Waals surface area (Å²) in [7, 11) is 0. The third-order valence-electron chi connectivity index (χ3n) is 6.87. The van der Waals surface area contributed by atoms with Crippen LogP contribution >= 0.6 is 0 Å². The molecule has 248 valence electrons. The molecule has 0 saturated carbocycles. The molecule has 1 fully saturated rings. The molecule has 0 atom stereocenters. The lowest BCUT2D eigenvalue weighted by Crippen LogP contribution is -2.58. The number of halogens is 3. The van der Waals surface area contributed by atoms with Crippen LogP contribution in [0.1, 0.15) is 56.0 Å². The maximum absolute atomic E-state index is 13.2. The zero-order valence-electron chi connectivity index (χ0n) is 25.4. The molecule has 0 spiro atoms. The number of carbonyl (C=O) groups excluding carboxylic acids is 3. The van der Waals surface area contributed by atoms with Gasteiger partial charge in [-0.3, -0.25) is 19.8 Å². The van der Waals surface area contributed by atoms with Gasteiger partial charge in [-0.2, -0.15) is 13.2 Å². The molecule has 0 unspecified atom stereocenters. The number of benzene rings is 2. The lowest BCUT2D eigenvalue weighted by Gasteiger charge is -2.42. The Morgan fingerprint density at radius 3 is 2.15 bits per heavy atom. The summed E-state index contributed by atoms with van der Waals surface area (Å²) in [5.41, 5.74) is 2.39. The van der Waals surface area contributed by atoms with Gasteiger partial charge in [0.05, 0.1) is 17.5 Å². The fourth-order valence-electron chi connectivity index (χ4n) is 4.59. The number of ether oxygens (including phenoxy) is 2. The van der Waals surface area contributed by atoms with Crippen molar-refractivity contribution in [1.29, 1.82) is 0 Å². The molecule has 0 radical (unpaired) electrons. The number of pyridine rings is 1. The minimum Gasteiger partial charge on any atom is -0.489 e. The van der Waals surface area contributed by atoms with Crippen molar-refractivity contribution in [3.63, 3.8) is 0 Å². The van der Waals surface area contributed by atoms with Gasteiger partial charge in [-0.15, -0.1) is 0 Å². The predicted molar refractivity (Wildman–Crippen MR) is 158 cm³/mol. The van der Waals surface area contributed by atoms with Gasteiger partial charge in [-0.05, 0) is 70.0 Å². The van der Waals surface area contributed by atoms with Crippen molar-refractivity contribution in [1.82, 2.24) is 20.7 Å². The molecule has 2 aromatic carbocycles. The summed E-state index contributed by atoms with van der Waals surface area (Å²) in [5.74, 6) is -3.13. The molecule has 3 amide bonds. The average Bonchev–Trinajstić information content (AvgIpc) is 2.99. The molecule has 12 nitrogen and oxygen atoms in total. The predicted octanol–water partition coefficient (Wildman–Crippen LogP) is 4.84. The van der Waals surface area contributed by atoms with Gasteiger partial charge in [0, 0.05) is 35.8 Å². The first kappa shape index (κ1) is 35.6. The van der Waals surface area contributed by atoms with Gasteiger partial charge < -0.3 is 24.8 Å². The van der Waals surface area contributed by atoms with Gasteiger partial charge >= 0.3 is 18.2 Å². The molecule has 1 aromatic heterocycles. The van der Waals surface area contributed by atoms with Gasteiger partial charge in [0.25, 0.3) is 5.91 Å². The quantitative estimate of drug-likeness (QED) is 0.207. The Labute approximate surface area is 262 Å². The van der Waals surface area contributed by atoms with Crippen molar-refractivity contribution < 1.29 is 52.1 Å². The largest absolute Gasteiger partial charge is 0.490 e. The van der Waals surface area contributed by atoms with E-state index in [1.807, 2.05) is 30.3 Å². The highest BCUT2D eigenvalue weighted by Crippen LogP contribution is 2.28. The van der Waals surface area contributed by atoms with Crippen LogP contribution in [-0.4, -0.2) is 74.5 Å². The summed E-state index contributed by atoms with van der Waals surface area (Å²) in [6.45, 7) is 6.32. The van der Waals surface area contributed by atoms with Crippen LogP contribution in [0, 0.1) is 0 Å². The fourth-order valence-corrected chi connectivity index (χ4v) is 4.59.